The summed E-state index contributed by atoms with van der Waals surface area (Å²) in [5, 5.41) is 18.4. The summed E-state index contributed by atoms with van der Waals surface area (Å²) in [6.07, 6.45) is 1.44. The molecule has 2 aromatic carbocycles. The first-order valence-electron chi connectivity index (χ1n) is 8.45. The molecule has 0 aliphatic carbocycles. The van der Waals surface area contributed by atoms with E-state index in [1.54, 1.807) is 31.2 Å². The summed E-state index contributed by atoms with van der Waals surface area (Å²) in [5.41, 5.74) is 0.622. The summed E-state index contributed by atoms with van der Waals surface area (Å²) in [4.78, 5) is 23.1. The Morgan fingerprint density at radius 1 is 1.28 bits per heavy atom. The number of amides is 1. The van der Waals surface area contributed by atoms with Crippen molar-refractivity contribution in [3.05, 3.63) is 69.5 Å². The molecular formula is C19H17ClN4O5. The van der Waals surface area contributed by atoms with Crippen LogP contribution >= 0.6 is 11.6 Å². The first-order valence-corrected chi connectivity index (χ1v) is 8.83. The molecule has 0 atom stereocenters. The van der Waals surface area contributed by atoms with Gasteiger partial charge in [0.1, 0.15) is 12.3 Å². The molecule has 0 aliphatic rings. The van der Waals surface area contributed by atoms with Gasteiger partial charge in [-0.15, -0.1) is 0 Å². The number of nitrogens with one attached hydrogen (secondary N) is 1. The van der Waals surface area contributed by atoms with E-state index in [1.807, 2.05) is 0 Å². The van der Waals surface area contributed by atoms with Crippen LogP contribution in [0.25, 0.3) is 0 Å². The van der Waals surface area contributed by atoms with Gasteiger partial charge in [-0.1, -0.05) is 23.7 Å². The largest absolute Gasteiger partial charge is 0.493 e. The number of carbonyl (C=O) groups is 1. The van der Waals surface area contributed by atoms with Crippen molar-refractivity contribution >= 4 is 28.9 Å². The molecule has 3 rings (SSSR count). The van der Waals surface area contributed by atoms with Crippen molar-refractivity contribution in [2.24, 2.45) is 0 Å². The van der Waals surface area contributed by atoms with Crippen LogP contribution in [0.15, 0.2) is 48.7 Å². The van der Waals surface area contributed by atoms with Crippen LogP contribution in [0.1, 0.15) is 5.69 Å². The summed E-state index contributed by atoms with van der Waals surface area (Å²) in [7, 11) is 1.49. The lowest BCUT2D eigenvalue weighted by molar-refractivity contribution is -0.384. The van der Waals surface area contributed by atoms with Gasteiger partial charge in [0, 0.05) is 12.1 Å². The minimum Gasteiger partial charge on any atom is -0.493 e. The molecule has 1 aromatic heterocycles. The molecule has 0 spiro atoms. The molecule has 1 amide bonds. The number of hydrogen-bond donors (Lipinski definition) is 1. The molecule has 1 heterocycles. The maximum absolute atomic E-state index is 12.3. The van der Waals surface area contributed by atoms with Gasteiger partial charge in [0.2, 0.25) is 5.91 Å². The van der Waals surface area contributed by atoms with Gasteiger partial charge >= 0.3 is 0 Å². The van der Waals surface area contributed by atoms with Gasteiger partial charge in [-0.25, -0.2) is 0 Å². The average Bonchev–Trinajstić information content (AvgIpc) is 3.00. The molecule has 0 fully saturated rings. The summed E-state index contributed by atoms with van der Waals surface area (Å²) < 4.78 is 12.4. The topological polar surface area (TPSA) is 109 Å². The first-order chi connectivity index (χ1) is 13.9. The second-order valence-electron chi connectivity index (χ2n) is 6.01. The summed E-state index contributed by atoms with van der Waals surface area (Å²) in [6, 6.07) is 10.9. The van der Waals surface area contributed by atoms with Crippen LogP contribution in [-0.2, 0) is 11.3 Å². The number of methoxy groups -OCH3 is 1. The number of non-ortho nitro benzene ring substituents is 1. The fourth-order valence-electron chi connectivity index (χ4n) is 2.57. The van der Waals surface area contributed by atoms with Gasteiger partial charge in [-0.2, -0.15) is 5.10 Å². The van der Waals surface area contributed by atoms with E-state index >= 15 is 0 Å². The fraction of sp³-hybridized carbons (Fsp3) is 0.158. The third-order valence-corrected chi connectivity index (χ3v) is 4.39. The Labute approximate surface area is 171 Å². The number of halogens is 1. The SMILES string of the molecule is COc1ccccc1Oc1cc(NC(=O)Cn2ncc(Cl)c2C)cc([N+](=O)[O-])c1. The Balaban J connectivity index is 1.83. The molecule has 10 heteroatoms. The number of hydrogen-bond acceptors (Lipinski definition) is 6. The number of aromatic nitrogens is 2. The second-order valence-corrected chi connectivity index (χ2v) is 6.42. The third kappa shape index (κ3) is 4.82. The quantitative estimate of drug-likeness (QED) is 0.457. The van der Waals surface area contributed by atoms with Crippen LogP contribution in [0.2, 0.25) is 5.02 Å². The normalized spacial score (nSPS) is 10.4. The van der Waals surface area contributed by atoms with Gasteiger partial charge < -0.3 is 14.8 Å². The highest BCUT2D eigenvalue weighted by atomic mass is 35.5. The number of para-hydroxylation sites is 2. The number of nitro groups is 1. The van der Waals surface area contributed by atoms with E-state index in [2.05, 4.69) is 10.4 Å². The van der Waals surface area contributed by atoms with Gasteiger partial charge in [0.05, 0.1) is 40.7 Å². The summed E-state index contributed by atoms with van der Waals surface area (Å²) >= 11 is 5.93. The smallest absolute Gasteiger partial charge is 0.275 e. The molecule has 29 heavy (non-hydrogen) atoms. The average molecular weight is 417 g/mol. The van der Waals surface area contributed by atoms with E-state index in [0.717, 1.165) is 0 Å². The minimum absolute atomic E-state index is 0.0933. The Bertz CT molecular complexity index is 1070. The molecule has 0 radical (unpaired) electrons. The monoisotopic (exact) mass is 416 g/mol. The van der Waals surface area contributed by atoms with Gasteiger partial charge in [-0.05, 0) is 19.1 Å². The molecule has 1 N–H and O–H groups in total. The predicted molar refractivity (Wildman–Crippen MR) is 107 cm³/mol. The van der Waals surface area contributed by atoms with E-state index in [-0.39, 0.29) is 23.7 Å². The Kier molecular flexibility index (Phi) is 5.99. The predicted octanol–water partition coefficient (Wildman–Crippen LogP) is 4.19. The Morgan fingerprint density at radius 2 is 2.00 bits per heavy atom. The van der Waals surface area contributed by atoms with Crippen molar-refractivity contribution in [2.75, 3.05) is 12.4 Å². The van der Waals surface area contributed by atoms with Gasteiger partial charge in [0.15, 0.2) is 11.5 Å². The van der Waals surface area contributed by atoms with E-state index < -0.39 is 10.8 Å². The van der Waals surface area contributed by atoms with Crippen molar-refractivity contribution in [2.45, 2.75) is 13.5 Å². The minimum atomic E-state index is -0.567. The maximum atomic E-state index is 12.3. The molecule has 3 aromatic rings. The molecule has 150 valence electrons. The zero-order valence-corrected chi connectivity index (χ0v) is 16.3. The highest BCUT2D eigenvalue weighted by Gasteiger charge is 2.15. The highest BCUT2D eigenvalue weighted by molar-refractivity contribution is 6.31. The van der Waals surface area contributed by atoms with Crippen molar-refractivity contribution < 1.29 is 19.2 Å². The van der Waals surface area contributed by atoms with E-state index in [0.29, 0.717) is 22.2 Å². The number of nitro benzene ring substituents is 1. The lowest BCUT2D eigenvalue weighted by Gasteiger charge is -2.12. The molecule has 0 saturated carbocycles. The van der Waals surface area contributed by atoms with Crippen molar-refractivity contribution in [3.8, 4) is 17.2 Å². The fourth-order valence-corrected chi connectivity index (χ4v) is 2.71. The van der Waals surface area contributed by atoms with Crippen molar-refractivity contribution in [1.29, 1.82) is 0 Å². The molecule has 0 aliphatic heterocycles. The second kappa shape index (κ2) is 8.61. The van der Waals surface area contributed by atoms with Crippen LogP contribution in [-0.4, -0.2) is 27.7 Å². The number of nitrogens with zero attached hydrogens (tertiary/aromatic N) is 3. The first kappa shape index (κ1) is 20.2. The lowest BCUT2D eigenvalue weighted by atomic mass is 10.2. The van der Waals surface area contributed by atoms with Gasteiger partial charge in [0.25, 0.3) is 5.69 Å². The van der Waals surface area contributed by atoms with Crippen LogP contribution < -0.4 is 14.8 Å². The van der Waals surface area contributed by atoms with E-state index in [1.165, 1.54) is 36.2 Å². The zero-order valence-electron chi connectivity index (χ0n) is 15.6. The highest BCUT2D eigenvalue weighted by Crippen LogP contribution is 2.34. The summed E-state index contributed by atoms with van der Waals surface area (Å²) in [5.74, 6) is 0.610. The van der Waals surface area contributed by atoms with Crippen molar-refractivity contribution in [3.63, 3.8) is 0 Å². The number of rotatable bonds is 7. The summed E-state index contributed by atoms with van der Waals surface area (Å²) in [6.45, 7) is 1.64. The van der Waals surface area contributed by atoms with E-state index in [9.17, 15) is 14.9 Å². The van der Waals surface area contributed by atoms with Crippen LogP contribution in [0.4, 0.5) is 11.4 Å². The van der Waals surface area contributed by atoms with Crippen LogP contribution in [0.5, 0.6) is 17.2 Å². The molecule has 0 saturated heterocycles. The van der Waals surface area contributed by atoms with Crippen LogP contribution in [0.3, 0.4) is 0 Å². The molecule has 0 unspecified atom stereocenters. The number of carbonyl (C=O) groups excluding carboxylic acids is 1. The number of benzene rings is 2. The Hall–Kier alpha value is -3.59. The maximum Gasteiger partial charge on any atom is 0.275 e. The molecule has 9 nitrogen and oxygen atoms in total. The zero-order chi connectivity index (χ0) is 21.0. The van der Waals surface area contributed by atoms with Gasteiger partial charge in [-0.3, -0.25) is 19.6 Å². The van der Waals surface area contributed by atoms with Crippen LogP contribution in [0, 0.1) is 17.0 Å². The third-order valence-electron chi connectivity index (χ3n) is 4.02. The van der Waals surface area contributed by atoms with E-state index in [4.69, 9.17) is 21.1 Å². The number of ether oxygens (including phenoxy) is 2. The lowest BCUT2D eigenvalue weighted by Crippen LogP contribution is -2.20. The Morgan fingerprint density at radius 3 is 2.62 bits per heavy atom. The molecular weight excluding hydrogens is 400 g/mol. The van der Waals surface area contributed by atoms with Crippen molar-refractivity contribution in [1.82, 2.24) is 9.78 Å². The standard InChI is InChI=1S/C19H17ClN4O5/c1-12-16(20)10-21-23(12)11-19(25)22-13-7-14(24(26)27)9-15(8-13)29-18-6-4-3-5-17(18)28-2/h3-10H,11H2,1-2H3,(H,22,25). The number of anilines is 1. The molecule has 0 bridgehead atoms.